The predicted octanol–water partition coefficient (Wildman–Crippen LogP) is 2.27. The minimum atomic E-state index is -0.408. The number of thioether (sulfide) groups is 1. The summed E-state index contributed by atoms with van der Waals surface area (Å²) in [5.41, 5.74) is 1.95. The van der Waals surface area contributed by atoms with Crippen LogP contribution in [0.5, 0.6) is 0 Å². The van der Waals surface area contributed by atoms with Crippen LogP contribution in [0.3, 0.4) is 0 Å². The van der Waals surface area contributed by atoms with E-state index < -0.39 is 5.90 Å². The molecule has 3 rings (SSSR count). The molecule has 0 amide bonds. The van der Waals surface area contributed by atoms with Gasteiger partial charge in [0.25, 0.3) is 6.20 Å². The fraction of sp³-hybridized carbons (Fsp3) is 0.118. The molecule has 7 nitrogen and oxygen atoms in total. The van der Waals surface area contributed by atoms with E-state index in [2.05, 4.69) is 21.3 Å². The minimum absolute atomic E-state index is 0.0240. The molecule has 0 N–H and O–H groups in total. The van der Waals surface area contributed by atoms with E-state index in [9.17, 15) is 10.4 Å². The summed E-state index contributed by atoms with van der Waals surface area (Å²) in [6, 6.07) is 12.7. The maximum atomic E-state index is 12.0. The van der Waals surface area contributed by atoms with E-state index in [4.69, 9.17) is 16.1 Å². The number of aryl methyl sites for hydroxylation is 1. The average molecular weight is 386 g/mol. The van der Waals surface area contributed by atoms with Crippen LogP contribution in [0.2, 0.25) is 5.02 Å². The van der Waals surface area contributed by atoms with Gasteiger partial charge in [0.2, 0.25) is 0 Å². The number of rotatable bonds is 5. The molecular formula is C17H12ClN5O2S. The molecule has 2 heterocycles. The average Bonchev–Trinajstić information content (AvgIpc) is 3.05. The summed E-state index contributed by atoms with van der Waals surface area (Å²) in [5, 5.41) is 25.9. The number of pyridine rings is 1. The minimum Gasteiger partial charge on any atom is -0.861 e. The molecule has 9 heteroatoms. The molecule has 0 spiro atoms. The zero-order valence-electron chi connectivity index (χ0n) is 13.6. The standard InChI is InChI=1S/C17H12ClN5O2S/c1-23-9-16(25-22-23)21-15(24)10-26-17-12(8-19)4-7-14(20-17)11-2-5-13(18)6-3-11/h2-7,9H,10H2,1H3. The molecule has 0 bridgehead atoms. The molecule has 1 aromatic carbocycles. The Morgan fingerprint density at radius 1 is 1.35 bits per heavy atom. The molecule has 0 unspecified atom stereocenters. The smallest absolute Gasteiger partial charge is 0.320 e. The van der Waals surface area contributed by atoms with Crippen LogP contribution in [0.25, 0.3) is 11.3 Å². The quantitative estimate of drug-likeness (QED) is 0.289. The Balaban J connectivity index is 1.80. The summed E-state index contributed by atoms with van der Waals surface area (Å²) in [4.78, 5) is 8.30. The molecule has 0 radical (unpaired) electrons. The van der Waals surface area contributed by atoms with Gasteiger partial charge in [-0.15, -0.1) is 0 Å². The number of benzene rings is 1. The first-order chi connectivity index (χ1) is 12.5. The Morgan fingerprint density at radius 3 is 2.77 bits per heavy atom. The van der Waals surface area contributed by atoms with Crippen molar-refractivity contribution >= 4 is 35.1 Å². The maximum absolute atomic E-state index is 12.0. The third kappa shape index (κ3) is 4.39. The highest BCUT2D eigenvalue weighted by Crippen LogP contribution is 2.26. The molecule has 2 aromatic heterocycles. The summed E-state index contributed by atoms with van der Waals surface area (Å²) in [6.45, 7) is 0. The Morgan fingerprint density at radius 2 is 2.12 bits per heavy atom. The Bertz CT molecular complexity index is 995. The number of nitriles is 1. The molecule has 0 saturated heterocycles. The first-order valence-corrected chi connectivity index (χ1v) is 8.78. The molecule has 0 saturated carbocycles. The zero-order chi connectivity index (χ0) is 18.5. The molecule has 3 aromatic rings. The van der Waals surface area contributed by atoms with Crippen molar-refractivity contribution in [2.75, 3.05) is 5.75 Å². The number of hydrogen-bond donors (Lipinski definition) is 0. The third-order valence-electron chi connectivity index (χ3n) is 3.25. The lowest BCUT2D eigenvalue weighted by Crippen LogP contribution is -2.27. The Labute approximate surface area is 158 Å². The van der Waals surface area contributed by atoms with Gasteiger partial charge >= 0.3 is 5.88 Å². The van der Waals surface area contributed by atoms with Gasteiger partial charge < -0.3 is 5.11 Å². The van der Waals surface area contributed by atoms with Crippen LogP contribution in [0.15, 0.2) is 57.1 Å². The van der Waals surface area contributed by atoms with Crippen LogP contribution in [-0.4, -0.2) is 21.9 Å². The summed E-state index contributed by atoms with van der Waals surface area (Å²) in [7, 11) is 1.66. The van der Waals surface area contributed by atoms with E-state index in [1.807, 2.05) is 12.1 Å². The van der Waals surface area contributed by atoms with Crippen LogP contribution in [0.1, 0.15) is 5.56 Å². The van der Waals surface area contributed by atoms with Crippen molar-refractivity contribution in [3.8, 4) is 17.3 Å². The van der Waals surface area contributed by atoms with E-state index in [0.29, 0.717) is 21.3 Å². The fourth-order valence-corrected chi connectivity index (χ4v) is 2.95. The number of hydrogen-bond acceptors (Lipinski definition) is 7. The second kappa shape index (κ2) is 7.99. The summed E-state index contributed by atoms with van der Waals surface area (Å²) >= 11 is 7.05. The van der Waals surface area contributed by atoms with Crippen molar-refractivity contribution in [3.63, 3.8) is 0 Å². The summed E-state index contributed by atoms with van der Waals surface area (Å²) in [5.74, 6) is -0.258. The molecule has 0 aliphatic rings. The third-order valence-corrected chi connectivity index (χ3v) is 4.48. The highest BCUT2D eigenvalue weighted by Gasteiger charge is 2.09. The van der Waals surface area contributed by atoms with Gasteiger partial charge in [0.15, 0.2) is 12.3 Å². The highest BCUT2D eigenvalue weighted by atomic mass is 35.5. The number of nitrogens with zero attached hydrogens (tertiary/aromatic N) is 5. The van der Waals surface area contributed by atoms with Crippen LogP contribution >= 0.6 is 23.4 Å². The van der Waals surface area contributed by atoms with Gasteiger partial charge in [-0.2, -0.15) is 5.26 Å². The van der Waals surface area contributed by atoms with Gasteiger partial charge in [0.1, 0.15) is 11.1 Å². The van der Waals surface area contributed by atoms with Gasteiger partial charge in [-0.1, -0.05) is 40.2 Å². The molecule has 0 aliphatic carbocycles. The van der Waals surface area contributed by atoms with E-state index in [-0.39, 0.29) is 11.6 Å². The normalized spacial score (nSPS) is 11.3. The van der Waals surface area contributed by atoms with Gasteiger partial charge in [-0.05, 0) is 30.2 Å². The molecular weight excluding hydrogens is 374 g/mol. The van der Waals surface area contributed by atoms with E-state index in [1.165, 1.54) is 10.9 Å². The lowest BCUT2D eigenvalue weighted by Gasteiger charge is -2.10. The summed E-state index contributed by atoms with van der Waals surface area (Å²) in [6.07, 6.45) is 1.49. The lowest BCUT2D eigenvalue weighted by molar-refractivity contribution is -0.739. The Hall–Kier alpha value is -2.89. The second-order valence-corrected chi connectivity index (χ2v) is 6.58. The SMILES string of the molecule is C[n+]1cc(/N=C(\[O-])CSc2nc(-c3ccc(Cl)cc3)ccc2C#N)on1. The van der Waals surface area contributed by atoms with Crippen LogP contribution < -0.4 is 9.79 Å². The topological polar surface area (TPSA) is 102 Å². The largest absolute Gasteiger partial charge is 0.861 e. The highest BCUT2D eigenvalue weighted by molar-refractivity contribution is 7.99. The van der Waals surface area contributed by atoms with Crippen molar-refractivity contribution in [1.29, 1.82) is 5.26 Å². The van der Waals surface area contributed by atoms with Crippen molar-refractivity contribution in [2.24, 2.45) is 12.0 Å². The monoisotopic (exact) mass is 385 g/mol. The van der Waals surface area contributed by atoms with Crippen molar-refractivity contribution < 1.29 is 14.3 Å². The number of aromatic nitrogens is 3. The summed E-state index contributed by atoms with van der Waals surface area (Å²) < 4.78 is 6.26. The van der Waals surface area contributed by atoms with Crippen molar-refractivity contribution in [1.82, 2.24) is 10.3 Å². The van der Waals surface area contributed by atoms with Crippen molar-refractivity contribution in [3.05, 3.63) is 53.2 Å². The van der Waals surface area contributed by atoms with Crippen molar-refractivity contribution in [2.45, 2.75) is 5.03 Å². The second-order valence-electron chi connectivity index (χ2n) is 5.18. The van der Waals surface area contributed by atoms with Gasteiger partial charge in [-0.3, -0.25) is 4.52 Å². The van der Waals surface area contributed by atoms with Gasteiger partial charge in [-0.25, -0.2) is 9.98 Å². The number of aliphatic imine (C=N–C) groups is 1. The van der Waals surface area contributed by atoms with E-state index >= 15 is 0 Å². The molecule has 130 valence electrons. The molecule has 0 aliphatic heterocycles. The van der Waals surface area contributed by atoms with E-state index in [1.54, 1.807) is 31.3 Å². The lowest BCUT2D eigenvalue weighted by atomic mass is 10.1. The fourth-order valence-electron chi connectivity index (χ4n) is 2.06. The van der Waals surface area contributed by atoms with Crippen LogP contribution in [-0.2, 0) is 7.05 Å². The molecule has 26 heavy (non-hydrogen) atoms. The van der Waals surface area contributed by atoms with Crippen LogP contribution in [0, 0.1) is 11.3 Å². The predicted molar refractivity (Wildman–Crippen MR) is 94.9 cm³/mol. The maximum Gasteiger partial charge on any atom is 0.320 e. The molecule has 0 fully saturated rings. The van der Waals surface area contributed by atoms with Gasteiger partial charge in [0.05, 0.1) is 11.3 Å². The van der Waals surface area contributed by atoms with E-state index in [0.717, 1.165) is 17.3 Å². The first-order valence-electron chi connectivity index (χ1n) is 7.42. The zero-order valence-corrected chi connectivity index (χ0v) is 15.2. The van der Waals surface area contributed by atoms with Gasteiger partial charge in [0, 0.05) is 16.3 Å². The molecule has 0 atom stereocenters. The number of halogens is 1. The Kier molecular flexibility index (Phi) is 5.51. The van der Waals surface area contributed by atoms with Crippen LogP contribution in [0.4, 0.5) is 5.88 Å². The first kappa shape index (κ1) is 17.9.